The van der Waals surface area contributed by atoms with Crippen molar-refractivity contribution in [2.45, 2.75) is 39.2 Å². The number of nitrogens with two attached hydrogens (primary N) is 1. The zero-order chi connectivity index (χ0) is 12.7. The van der Waals surface area contributed by atoms with E-state index in [1.807, 2.05) is 19.1 Å². The summed E-state index contributed by atoms with van der Waals surface area (Å²) in [6.45, 7) is 4.78. The molecule has 1 atom stereocenters. The van der Waals surface area contributed by atoms with Crippen molar-refractivity contribution in [2.24, 2.45) is 5.73 Å². The summed E-state index contributed by atoms with van der Waals surface area (Å²) in [5, 5.41) is 0. The minimum absolute atomic E-state index is 0.00823. The predicted octanol–water partition coefficient (Wildman–Crippen LogP) is 2.79. The van der Waals surface area contributed by atoms with Crippen LogP contribution in [0.5, 0.6) is 5.75 Å². The van der Waals surface area contributed by atoms with Gasteiger partial charge in [0.05, 0.1) is 12.6 Å². The normalized spacial score (nSPS) is 12.2. The second kappa shape index (κ2) is 7.07. The third-order valence-electron chi connectivity index (χ3n) is 2.55. The second-order valence-corrected chi connectivity index (χ2v) is 4.13. The maximum atomic E-state index is 11.9. The van der Waals surface area contributed by atoms with Crippen molar-refractivity contribution in [2.75, 3.05) is 6.61 Å². The molecule has 0 saturated heterocycles. The van der Waals surface area contributed by atoms with E-state index in [4.69, 9.17) is 10.5 Å². The highest BCUT2D eigenvalue weighted by Crippen LogP contribution is 2.14. The minimum atomic E-state index is -0.387. The van der Waals surface area contributed by atoms with E-state index in [1.165, 1.54) is 0 Å². The third-order valence-corrected chi connectivity index (χ3v) is 2.55. The zero-order valence-electron chi connectivity index (χ0n) is 10.6. The first kappa shape index (κ1) is 13.7. The highest BCUT2D eigenvalue weighted by Gasteiger charge is 2.14. The van der Waals surface area contributed by atoms with Gasteiger partial charge >= 0.3 is 0 Å². The summed E-state index contributed by atoms with van der Waals surface area (Å²) in [7, 11) is 0. The Hall–Kier alpha value is -1.35. The zero-order valence-corrected chi connectivity index (χ0v) is 10.6. The van der Waals surface area contributed by atoms with Crippen LogP contribution in [0, 0.1) is 0 Å². The van der Waals surface area contributed by atoms with Gasteiger partial charge in [0.2, 0.25) is 0 Å². The van der Waals surface area contributed by atoms with Crippen LogP contribution in [0.2, 0.25) is 0 Å². The van der Waals surface area contributed by atoms with Crippen LogP contribution in [0.1, 0.15) is 43.5 Å². The Morgan fingerprint density at radius 3 is 2.41 bits per heavy atom. The molecule has 1 rings (SSSR count). The van der Waals surface area contributed by atoms with Crippen molar-refractivity contribution < 1.29 is 9.53 Å². The molecule has 0 aliphatic rings. The average molecular weight is 235 g/mol. The summed E-state index contributed by atoms with van der Waals surface area (Å²) < 4.78 is 5.46. The molecular weight excluding hydrogens is 214 g/mol. The molecule has 0 aliphatic carbocycles. The van der Waals surface area contributed by atoms with Gasteiger partial charge in [-0.1, -0.05) is 20.3 Å². The standard InChI is InChI=1S/C14H21NO2/c1-3-5-13(15)14(16)11-6-8-12(9-7-11)17-10-4-2/h6-9,13H,3-5,10,15H2,1-2H3. The molecule has 0 aromatic heterocycles. The van der Waals surface area contributed by atoms with Gasteiger partial charge in [-0.05, 0) is 37.1 Å². The highest BCUT2D eigenvalue weighted by atomic mass is 16.5. The first-order valence-electron chi connectivity index (χ1n) is 6.21. The van der Waals surface area contributed by atoms with E-state index in [0.29, 0.717) is 12.2 Å². The van der Waals surface area contributed by atoms with E-state index in [-0.39, 0.29) is 11.8 Å². The van der Waals surface area contributed by atoms with Gasteiger partial charge in [0, 0.05) is 5.56 Å². The summed E-state index contributed by atoms with van der Waals surface area (Å²) in [5.74, 6) is 0.807. The smallest absolute Gasteiger partial charge is 0.179 e. The quantitative estimate of drug-likeness (QED) is 0.739. The molecule has 0 amide bonds. The summed E-state index contributed by atoms with van der Waals surface area (Å²) in [5.41, 5.74) is 6.46. The number of Topliss-reactive ketones (excluding diaryl/α,β-unsaturated/α-hetero) is 1. The van der Waals surface area contributed by atoms with Crippen LogP contribution in [0.25, 0.3) is 0 Å². The Bertz CT molecular complexity index is 346. The summed E-state index contributed by atoms with van der Waals surface area (Å²) in [6.07, 6.45) is 2.62. The van der Waals surface area contributed by atoms with E-state index < -0.39 is 0 Å². The summed E-state index contributed by atoms with van der Waals surface area (Å²) in [6, 6.07) is 6.82. The number of ether oxygens (including phenoxy) is 1. The Morgan fingerprint density at radius 1 is 1.24 bits per heavy atom. The maximum Gasteiger partial charge on any atom is 0.179 e. The Balaban J connectivity index is 2.63. The first-order chi connectivity index (χ1) is 8.19. The second-order valence-electron chi connectivity index (χ2n) is 4.13. The number of hydrogen-bond donors (Lipinski definition) is 1. The maximum absolute atomic E-state index is 11.9. The number of ketones is 1. The van der Waals surface area contributed by atoms with Gasteiger partial charge < -0.3 is 10.5 Å². The van der Waals surface area contributed by atoms with Crippen molar-refractivity contribution in [3.05, 3.63) is 29.8 Å². The molecule has 3 nitrogen and oxygen atoms in total. The van der Waals surface area contributed by atoms with Crippen molar-refractivity contribution in [1.82, 2.24) is 0 Å². The largest absolute Gasteiger partial charge is 0.494 e. The van der Waals surface area contributed by atoms with Crippen LogP contribution < -0.4 is 10.5 Å². The fraction of sp³-hybridized carbons (Fsp3) is 0.500. The molecule has 1 unspecified atom stereocenters. The number of rotatable bonds is 7. The lowest BCUT2D eigenvalue weighted by molar-refractivity contribution is 0.0957. The Labute approximate surface area is 103 Å². The lowest BCUT2D eigenvalue weighted by Gasteiger charge is -2.10. The molecule has 0 radical (unpaired) electrons. The van der Waals surface area contributed by atoms with Crippen LogP contribution in [0.3, 0.4) is 0 Å². The van der Waals surface area contributed by atoms with Gasteiger partial charge in [-0.3, -0.25) is 4.79 Å². The molecule has 0 saturated carbocycles. The van der Waals surface area contributed by atoms with E-state index in [1.54, 1.807) is 12.1 Å². The highest BCUT2D eigenvalue weighted by molar-refractivity contribution is 6.00. The average Bonchev–Trinajstić information content (AvgIpc) is 2.36. The van der Waals surface area contributed by atoms with Gasteiger partial charge in [0.25, 0.3) is 0 Å². The molecule has 0 spiro atoms. The SMILES string of the molecule is CCCOc1ccc(C(=O)C(N)CCC)cc1. The van der Waals surface area contributed by atoms with Crippen LogP contribution in [-0.4, -0.2) is 18.4 Å². The monoisotopic (exact) mass is 235 g/mol. The fourth-order valence-corrected chi connectivity index (χ4v) is 1.59. The van der Waals surface area contributed by atoms with Crippen LogP contribution in [0.15, 0.2) is 24.3 Å². The number of carbonyl (C=O) groups excluding carboxylic acids is 1. The number of benzene rings is 1. The van der Waals surface area contributed by atoms with Crippen LogP contribution in [-0.2, 0) is 0 Å². The van der Waals surface area contributed by atoms with Crippen molar-refractivity contribution >= 4 is 5.78 Å². The molecule has 0 fully saturated rings. The Morgan fingerprint density at radius 2 is 1.88 bits per heavy atom. The van der Waals surface area contributed by atoms with Gasteiger partial charge in [-0.15, -0.1) is 0 Å². The lowest BCUT2D eigenvalue weighted by Crippen LogP contribution is -2.30. The number of hydrogen-bond acceptors (Lipinski definition) is 3. The molecule has 0 aliphatic heterocycles. The third kappa shape index (κ3) is 4.19. The summed E-state index contributed by atoms with van der Waals surface area (Å²) in [4.78, 5) is 11.9. The molecule has 1 aromatic rings. The predicted molar refractivity (Wildman–Crippen MR) is 69.4 cm³/mol. The van der Waals surface area contributed by atoms with Crippen LogP contribution >= 0.6 is 0 Å². The van der Waals surface area contributed by atoms with Gasteiger partial charge in [0.15, 0.2) is 5.78 Å². The molecule has 0 bridgehead atoms. The Kier molecular flexibility index (Phi) is 5.70. The van der Waals surface area contributed by atoms with Crippen molar-refractivity contribution in [1.29, 1.82) is 0 Å². The van der Waals surface area contributed by atoms with E-state index in [2.05, 4.69) is 6.92 Å². The molecular formula is C14H21NO2. The van der Waals surface area contributed by atoms with Gasteiger partial charge in [-0.25, -0.2) is 0 Å². The van der Waals surface area contributed by atoms with E-state index in [0.717, 1.165) is 25.0 Å². The minimum Gasteiger partial charge on any atom is -0.494 e. The lowest BCUT2D eigenvalue weighted by atomic mass is 10.0. The molecule has 3 heteroatoms. The van der Waals surface area contributed by atoms with Crippen molar-refractivity contribution in [3.63, 3.8) is 0 Å². The summed E-state index contributed by atoms with van der Waals surface area (Å²) >= 11 is 0. The van der Waals surface area contributed by atoms with Crippen molar-refractivity contribution in [3.8, 4) is 5.75 Å². The topological polar surface area (TPSA) is 52.3 Å². The molecule has 17 heavy (non-hydrogen) atoms. The molecule has 0 heterocycles. The molecule has 94 valence electrons. The molecule has 2 N–H and O–H groups in total. The van der Waals surface area contributed by atoms with E-state index in [9.17, 15) is 4.79 Å². The van der Waals surface area contributed by atoms with E-state index >= 15 is 0 Å². The number of carbonyl (C=O) groups is 1. The first-order valence-corrected chi connectivity index (χ1v) is 6.21. The molecule has 1 aromatic carbocycles. The van der Waals surface area contributed by atoms with Crippen LogP contribution in [0.4, 0.5) is 0 Å². The van der Waals surface area contributed by atoms with Gasteiger partial charge in [0.1, 0.15) is 5.75 Å². The fourth-order valence-electron chi connectivity index (χ4n) is 1.59. The van der Waals surface area contributed by atoms with Gasteiger partial charge in [-0.2, -0.15) is 0 Å².